The molecule has 0 spiro atoms. The molecule has 1 aliphatic heterocycles. The third kappa shape index (κ3) is 6.93. The molecule has 1 atom stereocenters. The van der Waals surface area contributed by atoms with Gasteiger partial charge in [-0.1, -0.05) is 50.6 Å². The van der Waals surface area contributed by atoms with E-state index >= 15 is 0 Å². The van der Waals surface area contributed by atoms with Crippen LogP contribution in [0.25, 0.3) is 0 Å². The summed E-state index contributed by atoms with van der Waals surface area (Å²) in [6.45, 7) is 7.87. The number of nitrogens with zero attached hydrogens (tertiary/aromatic N) is 1. The van der Waals surface area contributed by atoms with Gasteiger partial charge in [-0.3, -0.25) is 9.79 Å². The summed E-state index contributed by atoms with van der Waals surface area (Å²) in [6, 6.07) is 7.33. The zero-order chi connectivity index (χ0) is 19.4. The van der Waals surface area contributed by atoms with Gasteiger partial charge in [0.15, 0.2) is 0 Å². The summed E-state index contributed by atoms with van der Waals surface area (Å²) < 4.78 is 0. The van der Waals surface area contributed by atoms with Crippen LogP contribution >= 0.6 is 11.6 Å². The van der Waals surface area contributed by atoms with Crippen molar-refractivity contribution >= 4 is 23.2 Å². The van der Waals surface area contributed by atoms with E-state index in [0.717, 1.165) is 43.6 Å². The van der Waals surface area contributed by atoms with Crippen LogP contribution in [0.15, 0.2) is 41.4 Å². The fraction of sp³-hybridized carbons (Fsp3) is 0.524. The zero-order valence-electron chi connectivity index (χ0n) is 16.4. The third-order valence-electron chi connectivity index (χ3n) is 4.28. The lowest BCUT2D eigenvalue weighted by Gasteiger charge is -2.26. The minimum Gasteiger partial charge on any atom is -0.343 e. The molecule has 1 aromatic carbocycles. The Kier molecular flexibility index (Phi) is 10.9. The number of carbonyl (C=O) groups is 1. The van der Waals surface area contributed by atoms with Crippen LogP contribution in [0.1, 0.15) is 51.6 Å². The Morgan fingerprint density at radius 3 is 2.46 bits per heavy atom. The van der Waals surface area contributed by atoms with E-state index in [2.05, 4.69) is 28.6 Å². The second-order valence-corrected chi connectivity index (χ2v) is 6.41. The molecule has 0 aromatic heterocycles. The average Bonchev–Trinajstić information content (AvgIpc) is 2.70. The van der Waals surface area contributed by atoms with Crippen molar-refractivity contribution in [3.05, 3.63) is 47.0 Å². The van der Waals surface area contributed by atoms with Gasteiger partial charge in [-0.05, 0) is 56.1 Å². The summed E-state index contributed by atoms with van der Waals surface area (Å²) >= 11 is 6.00. The summed E-state index contributed by atoms with van der Waals surface area (Å²) in [5.41, 5.74) is 1.84. The Morgan fingerprint density at radius 1 is 1.31 bits per heavy atom. The topological polar surface area (TPSA) is 53.5 Å². The lowest BCUT2D eigenvalue weighted by molar-refractivity contribution is -0.126. The van der Waals surface area contributed by atoms with Crippen molar-refractivity contribution in [1.82, 2.24) is 10.6 Å². The molecule has 1 saturated heterocycles. The smallest absolute Gasteiger partial charge is 0.224 e. The van der Waals surface area contributed by atoms with Gasteiger partial charge in [-0.15, -0.1) is 0 Å². The number of piperidine rings is 1. The first-order valence-corrected chi connectivity index (χ1v) is 9.93. The lowest BCUT2D eigenvalue weighted by Crippen LogP contribution is -2.41. The maximum absolute atomic E-state index is 12.7. The quantitative estimate of drug-likeness (QED) is 0.714. The second-order valence-electron chi connectivity index (χ2n) is 5.98. The SMILES string of the molecule is CC.CC/C=C\C(=NC)C(NC(=O)C1CCNCC1)c1ccc(Cl)cc1. The van der Waals surface area contributed by atoms with Crippen LogP contribution in [0, 0.1) is 5.92 Å². The molecule has 1 amide bonds. The summed E-state index contributed by atoms with van der Waals surface area (Å²) in [5.74, 6) is 0.164. The van der Waals surface area contributed by atoms with E-state index in [1.165, 1.54) is 0 Å². The minimum atomic E-state index is -0.252. The maximum atomic E-state index is 12.7. The number of hydrogen-bond acceptors (Lipinski definition) is 3. The molecule has 0 aliphatic carbocycles. The van der Waals surface area contributed by atoms with Crippen molar-refractivity contribution < 1.29 is 4.79 Å². The first-order valence-electron chi connectivity index (χ1n) is 9.55. The number of benzene rings is 1. The van der Waals surface area contributed by atoms with Gasteiger partial charge < -0.3 is 10.6 Å². The maximum Gasteiger partial charge on any atom is 0.224 e. The second kappa shape index (κ2) is 12.7. The molecule has 0 bridgehead atoms. The average molecular weight is 378 g/mol. The summed E-state index contributed by atoms with van der Waals surface area (Å²) in [6.07, 6.45) is 6.73. The van der Waals surface area contributed by atoms with Gasteiger partial charge in [0.1, 0.15) is 0 Å². The Hall–Kier alpha value is -1.65. The first-order chi connectivity index (χ1) is 12.7. The van der Waals surface area contributed by atoms with Crippen LogP contribution in [-0.2, 0) is 4.79 Å². The van der Waals surface area contributed by atoms with Crippen LogP contribution in [-0.4, -0.2) is 31.8 Å². The van der Waals surface area contributed by atoms with Gasteiger partial charge in [0.2, 0.25) is 5.91 Å². The highest BCUT2D eigenvalue weighted by Crippen LogP contribution is 2.21. The molecular formula is C21H32ClN3O. The lowest BCUT2D eigenvalue weighted by atomic mass is 9.95. The molecule has 1 fully saturated rings. The third-order valence-corrected chi connectivity index (χ3v) is 4.53. The van der Waals surface area contributed by atoms with Crippen molar-refractivity contribution in [2.24, 2.45) is 10.9 Å². The molecule has 1 heterocycles. The van der Waals surface area contributed by atoms with Crippen molar-refractivity contribution in [2.75, 3.05) is 20.1 Å². The normalized spacial score (nSPS) is 16.7. The number of allylic oxidation sites excluding steroid dienone is 1. The summed E-state index contributed by atoms with van der Waals surface area (Å²) in [5, 5.41) is 7.17. The molecule has 2 N–H and O–H groups in total. The van der Waals surface area contributed by atoms with E-state index in [-0.39, 0.29) is 17.9 Å². The molecule has 0 radical (unpaired) electrons. The van der Waals surface area contributed by atoms with Crippen molar-refractivity contribution in [3.8, 4) is 0 Å². The molecule has 1 unspecified atom stereocenters. The largest absolute Gasteiger partial charge is 0.343 e. The number of nitrogens with one attached hydrogen (secondary N) is 2. The minimum absolute atomic E-state index is 0.0642. The molecule has 26 heavy (non-hydrogen) atoms. The van der Waals surface area contributed by atoms with E-state index < -0.39 is 0 Å². The van der Waals surface area contributed by atoms with E-state index in [0.29, 0.717) is 5.02 Å². The van der Waals surface area contributed by atoms with Crippen LogP contribution in [0.5, 0.6) is 0 Å². The van der Waals surface area contributed by atoms with Gasteiger partial charge >= 0.3 is 0 Å². The highest BCUT2D eigenvalue weighted by atomic mass is 35.5. The molecule has 1 aromatic rings. The van der Waals surface area contributed by atoms with Gasteiger partial charge in [0.25, 0.3) is 0 Å². The molecule has 5 heteroatoms. The van der Waals surface area contributed by atoms with E-state index in [4.69, 9.17) is 11.6 Å². The van der Waals surface area contributed by atoms with Crippen molar-refractivity contribution in [2.45, 2.75) is 46.1 Å². The van der Waals surface area contributed by atoms with E-state index in [1.54, 1.807) is 7.05 Å². The first kappa shape index (κ1) is 22.4. The predicted octanol–water partition coefficient (Wildman–Crippen LogP) is 4.56. The number of aliphatic imine (C=N–C) groups is 1. The fourth-order valence-corrected chi connectivity index (χ4v) is 2.99. The van der Waals surface area contributed by atoms with Gasteiger partial charge in [0.05, 0.1) is 11.8 Å². The number of hydrogen-bond donors (Lipinski definition) is 2. The van der Waals surface area contributed by atoms with Gasteiger partial charge in [-0.25, -0.2) is 0 Å². The molecular weight excluding hydrogens is 346 g/mol. The molecule has 1 aliphatic rings. The van der Waals surface area contributed by atoms with E-state index in [1.807, 2.05) is 44.2 Å². The zero-order valence-corrected chi connectivity index (χ0v) is 17.1. The van der Waals surface area contributed by atoms with Crippen LogP contribution < -0.4 is 10.6 Å². The van der Waals surface area contributed by atoms with Crippen LogP contribution in [0.4, 0.5) is 0 Å². The van der Waals surface area contributed by atoms with Crippen LogP contribution in [0.2, 0.25) is 5.02 Å². The molecule has 144 valence electrons. The standard InChI is InChI=1S/C19H26ClN3O.C2H6/c1-3-4-5-17(21-2)18(14-6-8-16(20)9-7-14)23-19(24)15-10-12-22-13-11-15;1-2/h4-9,15,18,22H,3,10-13H2,1-2H3,(H,23,24);1-2H3/b5-4-,21-17?;. The Labute approximate surface area is 163 Å². The number of rotatable bonds is 6. The van der Waals surface area contributed by atoms with Crippen molar-refractivity contribution in [3.63, 3.8) is 0 Å². The number of carbonyl (C=O) groups excluding carboxylic acids is 1. The summed E-state index contributed by atoms with van der Waals surface area (Å²) in [4.78, 5) is 17.1. The number of halogens is 1. The monoisotopic (exact) mass is 377 g/mol. The Balaban J connectivity index is 0.00000163. The van der Waals surface area contributed by atoms with Gasteiger partial charge in [-0.2, -0.15) is 0 Å². The highest BCUT2D eigenvalue weighted by Gasteiger charge is 2.25. The van der Waals surface area contributed by atoms with Crippen molar-refractivity contribution in [1.29, 1.82) is 0 Å². The number of amides is 1. The fourth-order valence-electron chi connectivity index (χ4n) is 2.87. The van der Waals surface area contributed by atoms with Crippen LogP contribution in [0.3, 0.4) is 0 Å². The molecule has 2 rings (SSSR count). The Morgan fingerprint density at radius 2 is 1.92 bits per heavy atom. The predicted molar refractivity (Wildman–Crippen MR) is 112 cm³/mol. The Bertz CT molecular complexity index is 590. The summed E-state index contributed by atoms with van der Waals surface area (Å²) in [7, 11) is 1.76. The molecule has 0 saturated carbocycles. The molecule has 4 nitrogen and oxygen atoms in total. The highest BCUT2D eigenvalue weighted by molar-refractivity contribution is 6.30. The van der Waals surface area contributed by atoms with Gasteiger partial charge in [0, 0.05) is 18.0 Å². The van der Waals surface area contributed by atoms with E-state index in [9.17, 15) is 4.79 Å².